The second-order valence-corrected chi connectivity index (χ2v) is 11.6. The molecule has 0 saturated carbocycles. The molecule has 0 saturated heterocycles. The Morgan fingerprint density at radius 2 is 1.75 bits per heavy atom. The van der Waals surface area contributed by atoms with Gasteiger partial charge < -0.3 is 14.8 Å². The fourth-order valence-corrected chi connectivity index (χ4v) is 5.00. The molecule has 1 heterocycles. The highest BCUT2D eigenvalue weighted by atomic mass is 32.2. The summed E-state index contributed by atoms with van der Waals surface area (Å²) < 4.78 is 74.2. The fourth-order valence-electron chi connectivity index (χ4n) is 4.00. The number of nitrogens with zero attached hydrogens (tertiary/aromatic N) is 5. The van der Waals surface area contributed by atoms with Gasteiger partial charge in [0.15, 0.2) is 11.7 Å². The maximum absolute atomic E-state index is 13.5. The quantitative estimate of drug-likeness (QED) is 0.0759. The van der Waals surface area contributed by atoms with Crippen molar-refractivity contribution in [3.8, 4) is 16.9 Å². The van der Waals surface area contributed by atoms with Crippen LogP contribution in [-0.4, -0.2) is 59.9 Å². The lowest BCUT2D eigenvalue weighted by Gasteiger charge is -2.25. The van der Waals surface area contributed by atoms with Gasteiger partial charge in [0.05, 0.1) is 28.3 Å². The number of aryl methyl sites for hydroxylation is 1. The smallest absolute Gasteiger partial charge is 0.435 e. The molecule has 238 valence electrons. The van der Waals surface area contributed by atoms with E-state index in [4.69, 9.17) is 0 Å². The summed E-state index contributed by atoms with van der Waals surface area (Å²) in [4.78, 5) is 28.3. The number of hydrogen-bond acceptors (Lipinski definition) is 9. The Morgan fingerprint density at radius 1 is 1.14 bits per heavy atom. The summed E-state index contributed by atoms with van der Waals surface area (Å²) in [5.74, 6) is -2.25. The van der Waals surface area contributed by atoms with Crippen LogP contribution >= 0.6 is 0 Å². The number of ether oxygens (including phenoxy) is 1. The zero-order chi connectivity index (χ0) is 32.8. The van der Waals surface area contributed by atoms with E-state index in [9.17, 15) is 36.4 Å². The van der Waals surface area contributed by atoms with Crippen molar-refractivity contribution in [3.05, 3.63) is 71.1 Å². The van der Waals surface area contributed by atoms with E-state index in [1.165, 1.54) is 19.2 Å². The molecule has 13 nitrogen and oxygen atoms in total. The third-order valence-electron chi connectivity index (χ3n) is 6.24. The highest BCUT2D eigenvalue weighted by Gasteiger charge is 2.36. The highest BCUT2D eigenvalue weighted by Crippen LogP contribution is 2.33. The topological polar surface area (TPSA) is 158 Å². The van der Waals surface area contributed by atoms with Crippen molar-refractivity contribution in [2.75, 3.05) is 13.8 Å². The van der Waals surface area contributed by atoms with Gasteiger partial charge >= 0.3 is 12.1 Å². The molecule has 1 N–H and O–H groups in total. The largest absolute Gasteiger partial charge is 0.569 e. The molecule has 0 aliphatic rings. The van der Waals surface area contributed by atoms with Gasteiger partial charge in [-0.25, -0.2) is 17.8 Å². The first kappa shape index (κ1) is 33.8. The van der Waals surface area contributed by atoms with E-state index in [2.05, 4.69) is 20.0 Å². The average Bonchev–Trinajstić information content (AvgIpc) is 3.41. The summed E-state index contributed by atoms with van der Waals surface area (Å²) in [7, 11) is -3.32. The van der Waals surface area contributed by atoms with E-state index in [1.54, 1.807) is 45.0 Å². The van der Waals surface area contributed by atoms with Crippen LogP contribution in [0.15, 0.2) is 64.8 Å². The van der Waals surface area contributed by atoms with Crippen LogP contribution in [0.1, 0.15) is 38.4 Å². The Morgan fingerprint density at radius 3 is 2.30 bits per heavy atom. The van der Waals surface area contributed by atoms with Crippen LogP contribution < -0.4 is 4.72 Å². The first-order valence-electron chi connectivity index (χ1n) is 13.1. The number of alkyl halides is 3. The molecule has 0 bridgehead atoms. The number of hydrazine groups is 1. The molecular formula is C27H31F3N6O7S. The third-order valence-corrected chi connectivity index (χ3v) is 7.60. The van der Waals surface area contributed by atoms with Crippen LogP contribution in [0.5, 0.6) is 0 Å². The van der Waals surface area contributed by atoms with E-state index in [0.717, 1.165) is 33.5 Å². The number of carbonyl (C=O) groups is 2. The van der Waals surface area contributed by atoms with Crippen molar-refractivity contribution >= 4 is 21.9 Å². The summed E-state index contributed by atoms with van der Waals surface area (Å²) in [6.07, 6.45) is -4.65. The van der Waals surface area contributed by atoms with Gasteiger partial charge in [-0.2, -0.15) is 18.3 Å². The number of carbonyl (C=O) groups excluding carboxylic acids is 2. The van der Waals surface area contributed by atoms with Gasteiger partial charge in [-0.3, -0.25) is 9.59 Å². The number of aromatic nitrogens is 2. The summed E-state index contributed by atoms with van der Waals surface area (Å²) >= 11 is 0. The van der Waals surface area contributed by atoms with Gasteiger partial charge in [0.1, 0.15) is 0 Å². The average molecular weight is 641 g/mol. The zero-order valence-electron chi connectivity index (χ0n) is 24.4. The molecule has 2 aromatic carbocycles. The first-order valence-corrected chi connectivity index (χ1v) is 14.6. The van der Waals surface area contributed by atoms with E-state index >= 15 is 0 Å². The predicted molar refractivity (Wildman–Crippen MR) is 149 cm³/mol. The number of nitrogens with one attached hydrogen (secondary N) is 1. The van der Waals surface area contributed by atoms with Crippen LogP contribution in [0.3, 0.4) is 0 Å². The maximum Gasteiger partial charge on any atom is 0.435 e. The lowest BCUT2D eigenvalue weighted by Crippen LogP contribution is -2.51. The molecule has 0 fully saturated rings. The Kier molecular flexibility index (Phi) is 10.6. The Bertz CT molecular complexity index is 1610. The molecule has 1 aromatic heterocycles. The van der Waals surface area contributed by atoms with E-state index < -0.39 is 52.5 Å². The summed E-state index contributed by atoms with van der Waals surface area (Å²) in [5, 5.41) is 20.0. The van der Waals surface area contributed by atoms with Crippen molar-refractivity contribution in [1.29, 1.82) is 0 Å². The molecule has 0 aliphatic heterocycles. The van der Waals surface area contributed by atoms with Gasteiger partial charge in [-0.05, 0) is 43.2 Å². The third kappa shape index (κ3) is 8.24. The van der Waals surface area contributed by atoms with Crippen LogP contribution in [0.2, 0.25) is 0 Å². The molecule has 0 spiro atoms. The summed E-state index contributed by atoms with van der Waals surface area (Å²) in [5.41, 5.74) is 0.489. The Balaban J connectivity index is 1.83. The molecule has 3 rings (SSSR count). The summed E-state index contributed by atoms with van der Waals surface area (Å²) in [6.45, 7) is 5.86. The SMILES string of the molecule is CCC(=O)OCO/N=[N+](\[O-])N(C)[C@H](C(=O)NS(=O)(=O)c1ccc(-n2nc(C(F)(F)F)cc2-c2ccc(C)cc2)cc1)C(C)C. The molecular weight excluding hydrogens is 609 g/mol. The molecule has 0 unspecified atom stereocenters. The van der Waals surface area contributed by atoms with Gasteiger partial charge in [-0.15, -0.1) is 5.01 Å². The van der Waals surface area contributed by atoms with Crippen LogP contribution in [-0.2, 0) is 35.4 Å². The molecule has 0 radical (unpaired) electrons. The monoisotopic (exact) mass is 640 g/mol. The number of likely N-dealkylation sites (N-methyl/N-ethyl adjacent to an activating group) is 1. The van der Waals surface area contributed by atoms with Gasteiger partial charge in [0.2, 0.25) is 5.28 Å². The second kappa shape index (κ2) is 13.7. The second-order valence-electron chi connectivity index (χ2n) is 9.87. The Hall–Kier alpha value is -4.67. The lowest BCUT2D eigenvalue weighted by molar-refractivity contribution is -0.712. The highest BCUT2D eigenvalue weighted by molar-refractivity contribution is 7.90. The van der Waals surface area contributed by atoms with Gasteiger partial charge in [0.25, 0.3) is 22.7 Å². The lowest BCUT2D eigenvalue weighted by atomic mass is 10.0. The number of halogens is 3. The van der Waals surface area contributed by atoms with Crippen molar-refractivity contribution in [1.82, 2.24) is 19.5 Å². The van der Waals surface area contributed by atoms with Crippen molar-refractivity contribution in [2.45, 2.75) is 51.2 Å². The molecule has 0 aliphatic carbocycles. The number of rotatable bonds is 12. The number of benzene rings is 2. The number of esters is 1. The van der Waals surface area contributed by atoms with Crippen LogP contribution in [0.4, 0.5) is 13.2 Å². The minimum atomic E-state index is -4.72. The van der Waals surface area contributed by atoms with E-state index in [1.807, 2.05) is 11.6 Å². The Labute approximate surface area is 251 Å². The molecule has 44 heavy (non-hydrogen) atoms. The van der Waals surface area contributed by atoms with Crippen molar-refractivity contribution in [2.24, 2.45) is 11.2 Å². The molecule has 1 atom stereocenters. The van der Waals surface area contributed by atoms with Crippen LogP contribution in [0.25, 0.3) is 16.9 Å². The predicted octanol–water partition coefficient (Wildman–Crippen LogP) is 4.35. The summed E-state index contributed by atoms with van der Waals surface area (Å²) in [6, 6.07) is 11.0. The molecule has 3 aromatic rings. The minimum Gasteiger partial charge on any atom is -0.569 e. The van der Waals surface area contributed by atoms with E-state index in [0.29, 0.717) is 5.56 Å². The zero-order valence-corrected chi connectivity index (χ0v) is 25.2. The van der Waals surface area contributed by atoms with Crippen LogP contribution in [0, 0.1) is 18.0 Å². The maximum atomic E-state index is 13.5. The van der Waals surface area contributed by atoms with Crippen molar-refractivity contribution in [3.63, 3.8) is 0 Å². The van der Waals surface area contributed by atoms with E-state index in [-0.39, 0.29) is 27.7 Å². The number of sulfonamides is 1. The number of hydrogen-bond donors (Lipinski definition) is 1. The first-order chi connectivity index (χ1) is 20.5. The molecule has 1 amide bonds. The number of amides is 1. The van der Waals surface area contributed by atoms with Gasteiger partial charge in [0, 0.05) is 12.0 Å². The minimum absolute atomic E-state index is 0.0772. The fraction of sp³-hybridized carbons (Fsp3) is 0.370. The normalized spacial score (nSPS) is 13.0. The standard InChI is InChI=1S/C27H31F3N6O7S/c1-6-24(37)42-16-43-33-36(39)34(5)25(17(2)3)26(38)32-44(40,41)21-13-11-20(12-14-21)35-22(15-23(31-35)27(28,29)30)19-9-7-18(4)8-10-19/h7-15,17,25H,6,16H2,1-5H3,(H,32,38)/b36-33-/t25-/m0/s1. The van der Waals surface area contributed by atoms with Crippen molar-refractivity contribution < 1.29 is 45.7 Å². The van der Waals surface area contributed by atoms with Gasteiger partial charge in [-0.1, -0.05) is 50.6 Å². The molecule has 17 heteroatoms.